The molecule has 0 saturated heterocycles. The summed E-state index contributed by atoms with van der Waals surface area (Å²) in [6, 6.07) is 6.29. The number of hydrogen-bond acceptors (Lipinski definition) is 5. The van der Waals surface area contributed by atoms with Crippen LogP contribution in [0.15, 0.2) is 35.2 Å². The number of rotatable bonds is 4. The van der Waals surface area contributed by atoms with Crippen LogP contribution in [0.3, 0.4) is 0 Å². The first kappa shape index (κ1) is 17.0. The number of hydrogen-bond donors (Lipinski definition) is 2. The highest BCUT2D eigenvalue weighted by Gasteiger charge is 2.21. The van der Waals surface area contributed by atoms with E-state index < -0.39 is 14.9 Å². The minimum atomic E-state index is -4.12. The molecule has 0 aliphatic carbocycles. The lowest BCUT2D eigenvalue weighted by atomic mass is 10.2. The molecule has 0 aromatic heterocycles. The highest BCUT2D eigenvalue weighted by molar-refractivity contribution is 7.92. The number of nitro benzene ring substituents is 1. The van der Waals surface area contributed by atoms with Crippen LogP contribution in [0.2, 0.25) is 5.02 Å². The van der Waals surface area contributed by atoms with Gasteiger partial charge in [-0.2, -0.15) is 0 Å². The molecule has 2 aromatic rings. The van der Waals surface area contributed by atoms with Crippen molar-refractivity contribution >= 4 is 33.0 Å². The van der Waals surface area contributed by atoms with Gasteiger partial charge in [0.25, 0.3) is 15.7 Å². The van der Waals surface area contributed by atoms with Crippen molar-refractivity contribution in [2.45, 2.75) is 18.7 Å². The van der Waals surface area contributed by atoms with Crippen LogP contribution in [0.5, 0.6) is 5.75 Å². The minimum absolute atomic E-state index is 0.0989. The summed E-state index contributed by atoms with van der Waals surface area (Å²) in [7, 11) is -4.12. The van der Waals surface area contributed by atoms with Crippen LogP contribution in [0.4, 0.5) is 11.4 Å². The lowest BCUT2D eigenvalue weighted by Gasteiger charge is -2.12. The fourth-order valence-electron chi connectivity index (χ4n) is 1.97. The van der Waals surface area contributed by atoms with Gasteiger partial charge in [-0.05, 0) is 37.6 Å². The fourth-order valence-corrected chi connectivity index (χ4v) is 3.32. The van der Waals surface area contributed by atoms with Crippen molar-refractivity contribution in [1.82, 2.24) is 0 Å². The number of halogens is 1. The van der Waals surface area contributed by atoms with Gasteiger partial charge in [0.15, 0.2) is 0 Å². The first-order valence-corrected chi connectivity index (χ1v) is 8.25. The smallest absolute Gasteiger partial charge is 0.273 e. The van der Waals surface area contributed by atoms with E-state index in [2.05, 4.69) is 4.72 Å². The number of benzene rings is 2. The van der Waals surface area contributed by atoms with E-state index in [0.717, 1.165) is 6.07 Å². The molecular weight excluding hydrogens is 344 g/mol. The molecule has 2 aromatic carbocycles. The molecule has 7 nitrogen and oxygen atoms in total. The van der Waals surface area contributed by atoms with Crippen LogP contribution in [0, 0.1) is 24.0 Å². The molecule has 0 fully saturated rings. The predicted molar refractivity (Wildman–Crippen MR) is 86.5 cm³/mol. The summed E-state index contributed by atoms with van der Waals surface area (Å²) < 4.78 is 26.9. The molecule has 9 heteroatoms. The van der Waals surface area contributed by atoms with Gasteiger partial charge in [-0.25, -0.2) is 8.42 Å². The SMILES string of the molecule is Cc1ccc(S(=O)(=O)Nc2cc(Cl)cc(C)c2O)cc1[N+](=O)[O-]. The number of anilines is 1. The molecule has 2 rings (SSSR count). The van der Waals surface area contributed by atoms with Gasteiger partial charge >= 0.3 is 0 Å². The Bertz CT molecular complexity index is 896. The number of aromatic hydroxyl groups is 1. The second kappa shape index (κ2) is 6.05. The summed E-state index contributed by atoms with van der Waals surface area (Å²) >= 11 is 5.85. The van der Waals surface area contributed by atoms with Crippen molar-refractivity contribution in [3.63, 3.8) is 0 Å². The fraction of sp³-hybridized carbons (Fsp3) is 0.143. The zero-order valence-corrected chi connectivity index (χ0v) is 13.8. The number of nitrogens with one attached hydrogen (secondary N) is 1. The molecule has 0 radical (unpaired) electrons. The zero-order chi connectivity index (χ0) is 17.4. The quantitative estimate of drug-likeness (QED) is 0.495. The maximum atomic E-state index is 12.4. The third-order valence-corrected chi connectivity index (χ3v) is 4.78. The monoisotopic (exact) mass is 356 g/mol. The molecule has 0 aliphatic heterocycles. The Morgan fingerprint density at radius 1 is 1.17 bits per heavy atom. The maximum absolute atomic E-state index is 12.4. The van der Waals surface area contributed by atoms with Crippen LogP contribution in [0.1, 0.15) is 11.1 Å². The maximum Gasteiger partial charge on any atom is 0.273 e. The highest BCUT2D eigenvalue weighted by atomic mass is 35.5. The third kappa shape index (κ3) is 3.54. The van der Waals surface area contributed by atoms with Crippen molar-refractivity contribution in [2.75, 3.05) is 4.72 Å². The Morgan fingerprint density at radius 2 is 1.83 bits per heavy atom. The Morgan fingerprint density at radius 3 is 2.43 bits per heavy atom. The van der Waals surface area contributed by atoms with E-state index in [9.17, 15) is 23.6 Å². The number of sulfonamides is 1. The van der Waals surface area contributed by atoms with Gasteiger partial charge in [-0.15, -0.1) is 0 Å². The van der Waals surface area contributed by atoms with Crippen molar-refractivity contribution in [3.8, 4) is 5.75 Å². The number of phenolic OH excluding ortho intramolecular Hbond substituents is 1. The normalized spacial score (nSPS) is 11.3. The van der Waals surface area contributed by atoms with E-state index in [4.69, 9.17) is 11.6 Å². The molecule has 0 amide bonds. The van der Waals surface area contributed by atoms with Gasteiger partial charge in [0.1, 0.15) is 5.75 Å². The van der Waals surface area contributed by atoms with Gasteiger partial charge in [0.2, 0.25) is 0 Å². The summed E-state index contributed by atoms with van der Waals surface area (Å²) in [5.41, 5.74) is 0.332. The van der Waals surface area contributed by atoms with E-state index in [1.807, 2.05) is 0 Å². The largest absolute Gasteiger partial charge is 0.505 e. The molecule has 0 heterocycles. The highest BCUT2D eigenvalue weighted by Crippen LogP contribution is 2.33. The van der Waals surface area contributed by atoms with Crippen LogP contribution in [-0.2, 0) is 10.0 Å². The molecular formula is C14H13ClN2O5S. The minimum Gasteiger partial charge on any atom is -0.505 e. The van der Waals surface area contributed by atoms with Gasteiger partial charge in [0, 0.05) is 16.7 Å². The molecule has 0 spiro atoms. The second-order valence-electron chi connectivity index (χ2n) is 4.93. The van der Waals surface area contributed by atoms with E-state index >= 15 is 0 Å². The number of nitrogens with zero attached hydrogens (tertiary/aromatic N) is 1. The second-order valence-corrected chi connectivity index (χ2v) is 7.05. The van der Waals surface area contributed by atoms with Crippen LogP contribution >= 0.6 is 11.6 Å². The zero-order valence-electron chi connectivity index (χ0n) is 12.2. The van der Waals surface area contributed by atoms with Crippen LogP contribution in [-0.4, -0.2) is 18.4 Å². The third-order valence-electron chi connectivity index (χ3n) is 3.20. The number of aryl methyl sites for hydroxylation is 2. The molecule has 0 aliphatic rings. The molecule has 0 atom stereocenters. The molecule has 23 heavy (non-hydrogen) atoms. The Labute approximate surface area is 137 Å². The summed E-state index contributed by atoms with van der Waals surface area (Å²) in [6.07, 6.45) is 0. The molecule has 0 unspecified atom stereocenters. The predicted octanol–water partition coefficient (Wildman–Crippen LogP) is 3.37. The average Bonchev–Trinajstić information content (AvgIpc) is 2.43. The lowest BCUT2D eigenvalue weighted by molar-refractivity contribution is -0.385. The Hall–Kier alpha value is -2.32. The van der Waals surface area contributed by atoms with Crippen molar-refractivity contribution in [2.24, 2.45) is 0 Å². The summed E-state index contributed by atoms with van der Waals surface area (Å²) in [5, 5.41) is 21.1. The van der Waals surface area contributed by atoms with Gasteiger partial charge in [-0.1, -0.05) is 17.7 Å². The van der Waals surface area contributed by atoms with Crippen molar-refractivity contribution in [1.29, 1.82) is 0 Å². The van der Waals surface area contributed by atoms with Gasteiger partial charge < -0.3 is 5.11 Å². The topological polar surface area (TPSA) is 110 Å². The van der Waals surface area contributed by atoms with Gasteiger partial charge in [-0.3, -0.25) is 14.8 Å². The van der Waals surface area contributed by atoms with Crippen LogP contribution in [0.25, 0.3) is 0 Å². The Kier molecular flexibility index (Phi) is 4.49. The summed E-state index contributed by atoms with van der Waals surface area (Å²) in [6.45, 7) is 3.07. The molecule has 0 saturated carbocycles. The molecule has 2 N–H and O–H groups in total. The number of nitro groups is 1. The molecule has 122 valence electrons. The Balaban J connectivity index is 2.48. The van der Waals surface area contributed by atoms with Crippen molar-refractivity contribution < 1.29 is 18.4 Å². The summed E-state index contributed by atoms with van der Waals surface area (Å²) in [5.74, 6) is -0.264. The first-order chi connectivity index (χ1) is 10.6. The van der Waals surface area contributed by atoms with Crippen molar-refractivity contribution in [3.05, 3.63) is 56.6 Å². The van der Waals surface area contributed by atoms with E-state index in [-0.39, 0.29) is 27.0 Å². The van der Waals surface area contributed by atoms with Gasteiger partial charge in [0.05, 0.1) is 15.5 Å². The number of phenols is 1. The van der Waals surface area contributed by atoms with E-state index in [1.165, 1.54) is 31.2 Å². The van der Waals surface area contributed by atoms with Crippen LogP contribution < -0.4 is 4.72 Å². The average molecular weight is 357 g/mol. The first-order valence-electron chi connectivity index (χ1n) is 6.39. The van der Waals surface area contributed by atoms with E-state index in [1.54, 1.807) is 6.92 Å². The van der Waals surface area contributed by atoms with E-state index in [0.29, 0.717) is 11.1 Å². The summed E-state index contributed by atoms with van der Waals surface area (Å²) in [4.78, 5) is 9.99. The molecule has 0 bridgehead atoms. The lowest BCUT2D eigenvalue weighted by Crippen LogP contribution is -2.13. The standard InChI is InChI=1S/C14H13ClN2O5S/c1-8-3-4-11(7-13(8)17(19)20)23(21,22)16-12-6-10(15)5-9(2)14(12)18/h3-7,16,18H,1-2H3.